The molecule has 0 fully saturated rings. The topological polar surface area (TPSA) is 108 Å². The van der Waals surface area contributed by atoms with E-state index in [2.05, 4.69) is 24.1 Å². The summed E-state index contributed by atoms with van der Waals surface area (Å²) < 4.78 is 5.49. The van der Waals surface area contributed by atoms with Crippen LogP contribution in [-0.4, -0.2) is 52.1 Å². The van der Waals surface area contributed by atoms with Crippen LogP contribution in [-0.2, 0) is 20.7 Å². The maximum absolute atomic E-state index is 14.4. The van der Waals surface area contributed by atoms with Crippen LogP contribution in [0.5, 0.6) is 5.75 Å². The molecule has 41 heavy (non-hydrogen) atoms. The van der Waals surface area contributed by atoms with Gasteiger partial charge in [0.1, 0.15) is 23.4 Å². The largest absolute Gasteiger partial charge is 0.508 e. The number of carbonyl (C=O) groups excluding carboxylic acids is 3. The normalized spacial score (nSPS) is 12.8. The van der Waals surface area contributed by atoms with Crippen LogP contribution in [0.1, 0.15) is 90.0 Å². The van der Waals surface area contributed by atoms with E-state index in [0.29, 0.717) is 18.5 Å². The fourth-order valence-electron chi connectivity index (χ4n) is 4.49. The number of carbonyl (C=O) groups is 3. The van der Waals surface area contributed by atoms with Gasteiger partial charge in [-0.2, -0.15) is 0 Å². The van der Waals surface area contributed by atoms with Crippen molar-refractivity contribution in [3.63, 3.8) is 0 Å². The molecule has 0 aliphatic heterocycles. The Labute approximate surface area is 245 Å². The van der Waals surface area contributed by atoms with Crippen molar-refractivity contribution >= 4 is 24.0 Å². The van der Waals surface area contributed by atoms with Crippen LogP contribution < -0.4 is 10.6 Å². The number of alkyl carbamates (subject to hydrolysis) is 1. The molecule has 0 saturated carbocycles. The molecule has 2 unspecified atom stereocenters. The second kappa shape index (κ2) is 15.8. The number of aromatic hydroxyl groups is 1. The fraction of sp³-hybridized carbons (Fsp3) is 0.485. The lowest BCUT2D eigenvalue weighted by Gasteiger charge is -2.35. The zero-order chi connectivity index (χ0) is 30.6. The Bertz CT molecular complexity index is 1150. The number of benzene rings is 2. The molecule has 0 aromatic heterocycles. The summed E-state index contributed by atoms with van der Waals surface area (Å²) in [6, 6.07) is 11.8. The van der Waals surface area contributed by atoms with Crippen LogP contribution >= 0.6 is 0 Å². The second-order valence-electron chi connectivity index (χ2n) is 11.6. The minimum Gasteiger partial charge on any atom is -0.508 e. The zero-order valence-electron chi connectivity index (χ0n) is 25.4. The molecule has 2 aromatic carbocycles. The summed E-state index contributed by atoms with van der Waals surface area (Å²) in [5, 5.41) is 15.5. The van der Waals surface area contributed by atoms with Crippen molar-refractivity contribution in [2.75, 3.05) is 6.54 Å². The first-order valence-electron chi connectivity index (χ1n) is 14.4. The van der Waals surface area contributed by atoms with Crippen LogP contribution in [0.3, 0.4) is 0 Å². The number of rotatable bonds is 14. The Hall–Kier alpha value is -3.81. The minimum absolute atomic E-state index is 0.0989. The molecule has 0 aliphatic carbocycles. The van der Waals surface area contributed by atoms with Crippen LogP contribution in [0.4, 0.5) is 4.79 Å². The van der Waals surface area contributed by atoms with E-state index in [4.69, 9.17) is 4.74 Å². The Morgan fingerprint density at radius 3 is 2.29 bits per heavy atom. The lowest BCUT2D eigenvalue weighted by atomic mass is 9.98. The second-order valence-corrected chi connectivity index (χ2v) is 11.6. The van der Waals surface area contributed by atoms with Gasteiger partial charge in [-0.3, -0.25) is 9.59 Å². The third-order valence-electron chi connectivity index (χ3n) is 6.35. The maximum Gasteiger partial charge on any atom is 0.408 e. The SMILES string of the molecule is C=Cc1cccc(C(C(=O)NC(C)C)N(CCCCCC)C(=O)C(Cc2ccc(O)cc2)NC(=O)OC(C)(C)C)c1. The number of amides is 3. The molecule has 2 aromatic rings. The first-order valence-corrected chi connectivity index (χ1v) is 14.4. The van der Waals surface area contributed by atoms with E-state index in [0.717, 1.165) is 30.4 Å². The smallest absolute Gasteiger partial charge is 0.408 e. The van der Waals surface area contributed by atoms with Crippen LogP contribution in [0, 0.1) is 0 Å². The predicted molar refractivity (Wildman–Crippen MR) is 163 cm³/mol. The number of phenols is 1. The third-order valence-corrected chi connectivity index (χ3v) is 6.35. The molecule has 8 heteroatoms. The Morgan fingerprint density at radius 1 is 1.02 bits per heavy atom. The molecule has 2 rings (SSSR count). The van der Waals surface area contributed by atoms with Gasteiger partial charge in [0.15, 0.2) is 0 Å². The summed E-state index contributed by atoms with van der Waals surface area (Å²) in [4.78, 5) is 42.7. The highest BCUT2D eigenvalue weighted by atomic mass is 16.6. The van der Waals surface area contributed by atoms with Gasteiger partial charge < -0.3 is 25.4 Å². The standard InChI is InChI=1S/C33H47N3O5/c1-8-10-11-12-20-36(29(30(38)34-23(3)4)26-15-13-14-24(9-2)21-26)31(39)28(35-32(40)41-33(5,6)7)22-25-16-18-27(37)19-17-25/h9,13-19,21,23,28-29,37H,2,8,10-12,20,22H2,1,3-7H3,(H,34,38)(H,35,40). The molecule has 224 valence electrons. The van der Waals surface area contributed by atoms with Gasteiger partial charge in [-0.15, -0.1) is 0 Å². The molecular formula is C33H47N3O5. The summed E-state index contributed by atoms with van der Waals surface area (Å²) in [6.45, 7) is 15.3. The highest BCUT2D eigenvalue weighted by Gasteiger charge is 2.36. The Balaban J connectivity index is 2.59. The summed E-state index contributed by atoms with van der Waals surface area (Å²) in [5.74, 6) is -0.596. The summed E-state index contributed by atoms with van der Waals surface area (Å²) in [7, 11) is 0. The third kappa shape index (κ3) is 11.3. The van der Waals surface area contributed by atoms with Crippen molar-refractivity contribution in [3.8, 4) is 5.75 Å². The van der Waals surface area contributed by atoms with E-state index in [1.54, 1.807) is 43.9 Å². The van der Waals surface area contributed by atoms with Gasteiger partial charge >= 0.3 is 6.09 Å². The first kappa shape index (κ1) is 33.4. The fourth-order valence-corrected chi connectivity index (χ4v) is 4.49. The maximum atomic E-state index is 14.4. The van der Waals surface area contributed by atoms with Gasteiger partial charge in [-0.05, 0) is 75.9 Å². The summed E-state index contributed by atoms with van der Waals surface area (Å²) in [6.07, 6.45) is 4.75. The number of nitrogens with zero attached hydrogens (tertiary/aromatic N) is 1. The van der Waals surface area contributed by atoms with E-state index in [1.807, 2.05) is 38.1 Å². The number of phenolic OH excluding ortho intramolecular Hbond substituents is 1. The van der Waals surface area contributed by atoms with Crippen molar-refractivity contribution in [2.24, 2.45) is 0 Å². The quantitative estimate of drug-likeness (QED) is 0.238. The summed E-state index contributed by atoms with van der Waals surface area (Å²) in [5.41, 5.74) is 1.46. The van der Waals surface area contributed by atoms with Crippen LogP contribution in [0.2, 0.25) is 0 Å². The van der Waals surface area contributed by atoms with E-state index >= 15 is 0 Å². The molecule has 0 spiro atoms. The van der Waals surface area contributed by atoms with Gasteiger partial charge in [-0.1, -0.05) is 69.2 Å². The van der Waals surface area contributed by atoms with Gasteiger partial charge in [0, 0.05) is 19.0 Å². The monoisotopic (exact) mass is 565 g/mol. The number of ether oxygens (including phenoxy) is 1. The molecule has 0 saturated heterocycles. The average molecular weight is 566 g/mol. The zero-order valence-corrected chi connectivity index (χ0v) is 25.4. The summed E-state index contributed by atoms with van der Waals surface area (Å²) >= 11 is 0. The molecule has 3 amide bonds. The highest BCUT2D eigenvalue weighted by Crippen LogP contribution is 2.26. The van der Waals surface area contributed by atoms with E-state index in [1.165, 1.54) is 12.1 Å². The van der Waals surface area contributed by atoms with Crippen LogP contribution in [0.25, 0.3) is 6.08 Å². The van der Waals surface area contributed by atoms with E-state index < -0.39 is 29.7 Å². The Morgan fingerprint density at radius 2 is 1.71 bits per heavy atom. The van der Waals surface area contributed by atoms with Crippen molar-refractivity contribution in [1.29, 1.82) is 0 Å². The number of unbranched alkanes of at least 4 members (excludes halogenated alkanes) is 3. The van der Waals surface area contributed by atoms with Crippen molar-refractivity contribution in [3.05, 3.63) is 71.8 Å². The molecule has 0 radical (unpaired) electrons. The molecule has 3 N–H and O–H groups in total. The van der Waals surface area contributed by atoms with Gasteiger partial charge in [0.05, 0.1) is 0 Å². The number of hydrogen-bond donors (Lipinski definition) is 3. The van der Waals surface area contributed by atoms with E-state index in [9.17, 15) is 19.5 Å². The van der Waals surface area contributed by atoms with Crippen molar-refractivity contribution < 1.29 is 24.2 Å². The number of nitrogens with one attached hydrogen (secondary N) is 2. The lowest BCUT2D eigenvalue weighted by Crippen LogP contribution is -2.54. The first-order chi connectivity index (χ1) is 19.3. The van der Waals surface area contributed by atoms with Gasteiger partial charge in [0.25, 0.3) is 0 Å². The minimum atomic E-state index is -1.02. The molecular weight excluding hydrogens is 518 g/mol. The molecule has 0 bridgehead atoms. The van der Waals surface area contributed by atoms with Gasteiger partial charge in [-0.25, -0.2) is 4.79 Å². The highest BCUT2D eigenvalue weighted by molar-refractivity contribution is 5.92. The van der Waals surface area contributed by atoms with E-state index in [-0.39, 0.29) is 24.1 Å². The molecule has 0 aliphatic rings. The molecule has 8 nitrogen and oxygen atoms in total. The molecule has 2 atom stereocenters. The van der Waals surface area contributed by atoms with Crippen LogP contribution in [0.15, 0.2) is 55.1 Å². The van der Waals surface area contributed by atoms with Crippen molar-refractivity contribution in [1.82, 2.24) is 15.5 Å². The number of hydrogen-bond acceptors (Lipinski definition) is 5. The van der Waals surface area contributed by atoms with Crippen molar-refractivity contribution in [2.45, 2.75) is 97.4 Å². The lowest BCUT2D eigenvalue weighted by molar-refractivity contribution is -0.142. The van der Waals surface area contributed by atoms with Gasteiger partial charge in [0.2, 0.25) is 11.8 Å². The predicted octanol–water partition coefficient (Wildman–Crippen LogP) is 6.15. The Kier molecular flexibility index (Phi) is 12.9. The average Bonchev–Trinajstić information content (AvgIpc) is 2.89. The molecule has 0 heterocycles.